The third kappa shape index (κ3) is 13.5. The topological polar surface area (TPSA) is 23.8 Å². The molecule has 0 atom stereocenters. The number of nitrogens with zero attached hydrogens (tertiary/aromatic N) is 1. The van der Waals surface area contributed by atoms with Crippen molar-refractivity contribution < 1.29 is 41.9 Å². The molecule has 0 amide bonds. The van der Waals surface area contributed by atoms with Crippen LogP contribution in [-0.2, 0) is 41.9 Å². The van der Waals surface area contributed by atoms with Crippen molar-refractivity contribution in [1.29, 1.82) is 5.26 Å². The van der Waals surface area contributed by atoms with Gasteiger partial charge in [0.1, 0.15) is 0 Å². The van der Waals surface area contributed by atoms with E-state index in [1.807, 2.05) is 0 Å². The van der Waals surface area contributed by atoms with E-state index in [2.05, 4.69) is 0 Å². The monoisotopic (exact) mass is 197 g/mol. The molecule has 4 heavy (non-hydrogen) atoms. The van der Waals surface area contributed by atoms with E-state index in [9.17, 15) is 0 Å². The van der Waals surface area contributed by atoms with Gasteiger partial charge >= 0.3 is 22.4 Å². The van der Waals surface area contributed by atoms with Crippen LogP contribution in [0.5, 0.6) is 0 Å². The third-order valence-corrected chi connectivity index (χ3v) is 0. The standard InChI is InChI=1S/CN.Ag.Zn/c1-2;;/q-1;+1;. The molecule has 0 unspecified atom stereocenters. The normalized spacial score (nSPS) is 0.500. The van der Waals surface area contributed by atoms with Gasteiger partial charge in [-0.25, -0.2) is 0 Å². The third-order valence-electron chi connectivity index (χ3n) is 0. The van der Waals surface area contributed by atoms with E-state index in [0.717, 1.165) is 0 Å². The van der Waals surface area contributed by atoms with Crippen molar-refractivity contribution in [2.45, 2.75) is 0 Å². The summed E-state index contributed by atoms with van der Waals surface area (Å²) in [4.78, 5) is 0. The number of hydrogen-bond donors (Lipinski definition) is 0. The molecule has 0 aliphatic rings. The molecule has 0 aliphatic carbocycles. The Hall–Kier alpha value is 0.854. The number of hydrogen-bond acceptors (Lipinski definition) is 1. The van der Waals surface area contributed by atoms with E-state index < -0.39 is 0 Å². The van der Waals surface area contributed by atoms with Crippen molar-refractivity contribution in [3.63, 3.8) is 0 Å². The molecule has 0 heterocycles. The Bertz CT molecular complexity index is 12.8. The molecule has 0 N–H and O–H groups in total. The summed E-state index contributed by atoms with van der Waals surface area (Å²) in [5.41, 5.74) is 0. The Morgan fingerprint density at radius 1 is 1.25 bits per heavy atom. The molecule has 0 saturated carbocycles. The Balaban J connectivity index is -0.00000000500. The summed E-state index contributed by atoms with van der Waals surface area (Å²) < 4.78 is 0. The van der Waals surface area contributed by atoms with Gasteiger partial charge in [0, 0.05) is 19.5 Å². The molecule has 1 nitrogen and oxygen atoms in total. The summed E-state index contributed by atoms with van der Waals surface area (Å²) >= 11 is 0. The van der Waals surface area contributed by atoms with Crippen molar-refractivity contribution >= 4 is 0 Å². The first-order chi connectivity index (χ1) is 1.00. The maximum absolute atomic E-state index is 6.25. The van der Waals surface area contributed by atoms with Gasteiger partial charge in [0.05, 0.1) is 0 Å². The van der Waals surface area contributed by atoms with Gasteiger partial charge in [-0.3, -0.25) is 0 Å². The maximum atomic E-state index is 6.25. The van der Waals surface area contributed by atoms with Gasteiger partial charge in [-0.2, -0.15) is 0 Å². The summed E-state index contributed by atoms with van der Waals surface area (Å²) in [5, 5.41) is 6.25. The quantitative estimate of drug-likeness (QED) is 0.401. The SMILES string of the molecule is [Ag+].[C-]#N.[Zn]. The van der Waals surface area contributed by atoms with Crippen LogP contribution >= 0.6 is 0 Å². The molecule has 3 heteroatoms. The van der Waals surface area contributed by atoms with Crippen molar-refractivity contribution in [2.24, 2.45) is 0 Å². The average Bonchev–Trinajstić information content (AvgIpc) is 1.00. The second kappa shape index (κ2) is 43.1. The molecule has 0 fully saturated rings. The smallest absolute Gasteiger partial charge is 0.512 e. The first-order valence-corrected chi connectivity index (χ1v) is 0.224. The maximum Gasteiger partial charge on any atom is 1.00 e. The van der Waals surface area contributed by atoms with Gasteiger partial charge in [0.15, 0.2) is 0 Å². The van der Waals surface area contributed by atoms with Crippen LogP contribution in [0.2, 0.25) is 0 Å². The van der Waals surface area contributed by atoms with Gasteiger partial charge in [-0.15, -0.1) is 0 Å². The molecular weight excluding hydrogens is 199 g/mol. The fraction of sp³-hybridized carbons (Fsp3) is 0. The van der Waals surface area contributed by atoms with Crippen molar-refractivity contribution in [2.75, 3.05) is 0 Å². The van der Waals surface area contributed by atoms with Crippen LogP contribution in [0.4, 0.5) is 0 Å². The summed E-state index contributed by atoms with van der Waals surface area (Å²) in [6.07, 6.45) is 0. The van der Waals surface area contributed by atoms with Crippen molar-refractivity contribution in [3.8, 4) is 0 Å². The van der Waals surface area contributed by atoms with Crippen LogP contribution < -0.4 is 0 Å². The molecule has 0 aromatic carbocycles. The summed E-state index contributed by atoms with van der Waals surface area (Å²) in [6, 6.07) is 0. The van der Waals surface area contributed by atoms with E-state index in [1.54, 1.807) is 0 Å². The molecule has 0 radical (unpaired) electrons. The number of rotatable bonds is 0. The van der Waals surface area contributed by atoms with Crippen LogP contribution in [0.1, 0.15) is 0 Å². The minimum absolute atomic E-state index is 0. The largest absolute Gasteiger partial charge is 1.00 e. The Labute approximate surface area is 53.6 Å². The van der Waals surface area contributed by atoms with E-state index in [-0.39, 0.29) is 41.9 Å². The van der Waals surface area contributed by atoms with Crippen LogP contribution in [-0.4, -0.2) is 0 Å². The first kappa shape index (κ1) is 21.0. The molecule has 0 rings (SSSR count). The van der Waals surface area contributed by atoms with Crippen molar-refractivity contribution in [1.82, 2.24) is 0 Å². The van der Waals surface area contributed by atoms with Crippen LogP contribution in [0, 0.1) is 11.8 Å². The summed E-state index contributed by atoms with van der Waals surface area (Å²) in [5.74, 6) is 0. The van der Waals surface area contributed by atoms with E-state index in [0.29, 0.717) is 0 Å². The average molecular weight is 199 g/mol. The molecule has 0 saturated heterocycles. The predicted octanol–water partition coefficient (Wildman–Crippen LogP) is 0.0914. The molecule has 0 aromatic rings. The molecule has 0 spiro atoms. The zero-order chi connectivity index (χ0) is 2.00. The van der Waals surface area contributed by atoms with E-state index in [4.69, 9.17) is 11.8 Å². The fourth-order valence-electron chi connectivity index (χ4n) is 0. The van der Waals surface area contributed by atoms with Gasteiger partial charge in [0.25, 0.3) is 0 Å². The van der Waals surface area contributed by atoms with Crippen LogP contribution in [0.25, 0.3) is 0 Å². The van der Waals surface area contributed by atoms with Crippen LogP contribution in [0.15, 0.2) is 0 Å². The molecule has 0 bridgehead atoms. The van der Waals surface area contributed by atoms with Crippen LogP contribution in [0.3, 0.4) is 0 Å². The second-order valence-corrected chi connectivity index (χ2v) is 0. The fourth-order valence-corrected chi connectivity index (χ4v) is 0. The molecular formula is CAgNZn. The minimum atomic E-state index is 0. The Morgan fingerprint density at radius 3 is 1.25 bits per heavy atom. The second-order valence-electron chi connectivity index (χ2n) is 0. The molecule has 0 aliphatic heterocycles. The first-order valence-electron chi connectivity index (χ1n) is 0.224. The Morgan fingerprint density at radius 2 is 1.25 bits per heavy atom. The van der Waals surface area contributed by atoms with E-state index >= 15 is 0 Å². The zero-order valence-corrected chi connectivity index (χ0v) is 6.41. The van der Waals surface area contributed by atoms with E-state index in [1.165, 1.54) is 0 Å². The minimum Gasteiger partial charge on any atom is -0.512 e. The molecule has 22 valence electrons. The summed E-state index contributed by atoms with van der Waals surface area (Å²) in [6.45, 7) is 4.75. The Kier molecular flexibility index (Phi) is 226. The predicted molar refractivity (Wildman–Crippen MR) is 4.97 cm³/mol. The van der Waals surface area contributed by atoms with Gasteiger partial charge < -0.3 is 11.8 Å². The van der Waals surface area contributed by atoms with Gasteiger partial charge in [-0.05, 0) is 0 Å². The summed E-state index contributed by atoms with van der Waals surface area (Å²) in [7, 11) is 0. The molecule has 0 aromatic heterocycles. The van der Waals surface area contributed by atoms with Gasteiger partial charge in [-0.1, -0.05) is 0 Å². The van der Waals surface area contributed by atoms with Gasteiger partial charge in [0.2, 0.25) is 0 Å². The van der Waals surface area contributed by atoms with Crippen molar-refractivity contribution in [3.05, 3.63) is 6.57 Å². The zero-order valence-electron chi connectivity index (χ0n) is 1.96.